The number of aliphatic hydroxyl groups is 1. The molecule has 0 amide bonds. The molecule has 3 rings (SSSR count). The Morgan fingerprint density at radius 3 is 2.88 bits per heavy atom. The van der Waals surface area contributed by atoms with Crippen LogP contribution >= 0.6 is 0 Å². The molecule has 2 N–H and O–H groups in total. The number of nitrogens with zero attached hydrogens (tertiary/aromatic N) is 2. The van der Waals surface area contributed by atoms with Gasteiger partial charge in [-0.3, -0.25) is 0 Å². The zero-order valence-electron chi connectivity index (χ0n) is 15.8. The molecule has 0 saturated heterocycles. The van der Waals surface area contributed by atoms with Gasteiger partial charge < -0.3 is 19.7 Å². The fourth-order valence-corrected chi connectivity index (χ4v) is 2.97. The Hall–Kier alpha value is -2.55. The van der Waals surface area contributed by atoms with Gasteiger partial charge in [0.05, 0.1) is 17.6 Å². The first-order valence-corrected chi connectivity index (χ1v) is 8.84. The van der Waals surface area contributed by atoms with Crippen molar-refractivity contribution in [3.05, 3.63) is 35.7 Å². The van der Waals surface area contributed by atoms with Crippen LogP contribution < -0.4 is 4.74 Å². The van der Waals surface area contributed by atoms with Crippen molar-refractivity contribution >= 4 is 21.8 Å². The summed E-state index contributed by atoms with van der Waals surface area (Å²) in [6, 6.07) is 6.10. The minimum Gasteiger partial charge on any atom is -0.493 e. The maximum Gasteiger partial charge on any atom is 0.124 e. The third kappa shape index (κ3) is 3.98. The second-order valence-electron chi connectivity index (χ2n) is 6.82. The number of benzene rings is 1. The van der Waals surface area contributed by atoms with Crippen molar-refractivity contribution < 1.29 is 11.3 Å². The Morgan fingerprint density at radius 2 is 2.15 bits per heavy atom. The molecule has 0 aliphatic heterocycles. The lowest BCUT2D eigenvalue weighted by molar-refractivity contribution is 0.253. The van der Waals surface area contributed by atoms with E-state index in [4.69, 9.17) is 4.74 Å². The number of aromatic nitrogens is 2. The lowest BCUT2D eigenvalue weighted by Gasteiger charge is -2.12. The zero-order valence-corrected chi connectivity index (χ0v) is 15.8. The molecule has 0 aliphatic carbocycles. The van der Waals surface area contributed by atoms with Gasteiger partial charge in [-0.05, 0) is 58.0 Å². The minimum absolute atomic E-state index is 0. The number of hydrogen-bond acceptors (Lipinski definition) is 4. The summed E-state index contributed by atoms with van der Waals surface area (Å²) in [6.45, 7) is 5.39. The van der Waals surface area contributed by atoms with E-state index in [0.29, 0.717) is 12.3 Å². The predicted molar refractivity (Wildman–Crippen MR) is 108 cm³/mol. The number of aliphatic hydroxyl groups excluding tert-OH is 1. The zero-order chi connectivity index (χ0) is 18.7. The van der Waals surface area contributed by atoms with Crippen molar-refractivity contribution in [1.82, 2.24) is 14.9 Å². The quantitative estimate of drug-likeness (QED) is 0.546. The predicted octanol–water partition coefficient (Wildman–Crippen LogP) is 3.33. The molecule has 1 unspecified atom stereocenters. The van der Waals surface area contributed by atoms with Crippen molar-refractivity contribution in [2.24, 2.45) is 0 Å². The van der Waals surface area contributed by atoms with E-state index in [9.17, 15) is 5.11 Å². The van der Waals surface area contributed by atoms with E-state index < -0.39 is 6.10 Å². The molecule has 0 radical (unpaired) electrons. The first-order chi connectivity index (χ1) is 12.5. The first kappa shape index (κ1) is 18.2. The van der Waals surface area contributed by atoms with Gasteiger partial charge in [0, 0.05) is 31.0 Å². The van der Waals surface area contributed by atoms with E-state index in [0.717, 1.165) is 46.1 Å². The molecule has 26 heavy (non-hydrogen) atoms. The van der Waals surface area contributed by atoms with Crippen LogP contribution in [0.4, 0.5) is 0 Å². The van der Waals surface area contributed by atoms with Crippen molar-refractivity contribution in [3.63, 3.8) is 0 Å². The molecule has 1 aromatic carbocycles. The normalized spacial score (nSPS) is 12.4. The Labute approximate surface area is 155 Å². The fourth-order valence-electron chi connectivity index (χ4n) is 2.97. The highest BCUT2D eigenvalue weighted by molar-refractivity contribution is 6.10. The number of fused-ring (bicyclic) bond motifs is 3. The number of nitrogens with one attached hydrogen (secondary N) is 1. The van der Waals surface area contributed by atoms with Gasteiger partial charge in [0.25, 0.3) is 0 Å². The summed E-state index contributed by atoms with van der Waals surface area (Å²) in [5.41, 5.74) is 3.74. The SMILES string of the molecule is Cc1cc2c(cc1OCCCN(C)C)[nH]c1ccnc(C#CC(C)O)c12.[HH]. The molecule has 0 fully saturated rings. The van der Waals surface area contributed by atoms with Gasteiger partial charge >= 0.3 is 0 Å². The van der Waals surface area contributed by atoms with Gasteiger partial charge in [0.1, 0.15) is 17.5 Å². The summed E-state index contributed by atoms with van der Waals surface area (Å²) >= 11 is 0. The van der Waals surface area contributed by atoms with Crippen LogP contribution in [0.5, 0.6) is 5.75 Å². The summed E-state index contributed by atoms with van der Waals surface area (Å²) in [5.74, 6) is 6.66. The molecular weight excluding hydrogens is 326 g/mol. The topological polar surface area (TPSA) is 61.4 Å². The summed E-state index contributed by atoms with van der Waals surface area (Å²) in [7, 11) is 4.13. The van der Waals surface area contributed by atoms with Gasteiger partial charge in [-0.1, -0.05) is 5.92 Å². The average Bonchev–Trinajstić information content (AvgIpc) is 2.94. The third-order valence-corrected chi connectivity index (χ3v) is 4.21. The van der Waals surface area contributed by atoms with E-state index in [1.54, 1.807) is 13.1 Å². The first-order valence-electron chi connectivity index (χ1n) is 8.84. The van der Waals surface area contributed by atoms with Crippen LogP contribution in [-0.4, -0.2) is 53.3 Å². The molecule has 0 aliphatic rings. The lowest BCUT2D eigenvalue weighted by atomic mass is 10.1. The monoisotopic (exact) mass is 353 g/mol. The number of pyridine rings is 1. The van der Waals surface area contributed by atoms with E-state index in [1.807, 2.05) is 12.1 Å². The maximum atomic E-state index is 9.44. The Kier molecular flexibility index (Phi) is 5.46. The second-order valence-corrected chi connectivity index (χ2v) is 6.82. The Bertz CT molecular complexity index is 984. The summed E-state index contributed by atoms with van der Waals surface area (Å²) < 4.78 is 5.98. The van der Waals surface area contributed by atoms with E-state index in [2.05, 4.69) is 53.8 Å². The minimum atomic E-state index is -0.679. The Balaban J connectivity index is 0.00000261. The van der Waals surface area contributed by atoms with Crippen molar-refractivity contribution in [1.29, 1.82) is 0 Å². The smallest absolute Gasteiger partial charge is 0.124 e. The standard InChI is InChI=1S/C21H25N3O2.H2/c1-14-12-16-19(13-20(14)26-11-5-10-24(3)4)23-18-8-9-22-17(21(16)18)7-6-15(2)25;/h8-9,12-13,15,23,25H,5,10-11H2,1-4H3;1H. The van der Waals surface area contributed by atoms with E-state index in [1.165, 1.54) is 0 Å². The molecule has 2 heterocycles. The van der Waals surface area contributed by atoms with Crippen LogP contribution in [-0.2, 0) is 0 Å². The van der Waals surface area contributed by atoms with Crippen molar-refractivity contribution in [2.75, 3.05) is 27.2 Å². The molecule has 138 valence electrons. The van der Waals surface area contributed by atoms with Crippen LogP contribution in [0, 0.1) is 18.8 Å². The van der Waals surface area contributed by atoms with Crippen LogP contribution in [0.1, 0.15) is 26.0 Å². The van der Waals surface area contributed by atoms with Gasteiger partial charge in [-0.25, -0.2) is 4.98 Å². The molecule has 0 spiro atoms. The van der Waals surface area contributed by atoms with Crippen molar-refractivity contribution in [2.45, 2.75) is 26.4 Å². The number of rotatable bonds is 5. The largest absolute Gasteiger partial charge is 0.493 e. The molecule has 1 atom stereocenters. The number of H-pyrrole nitrogens is 1. The number of aryl methyl sites for hydroxylation is 1. The van der Waals surface area contributed by atoms with Crippen LogP contribution in [0.25, 0.3) is 21.8 Å². The van der Waals surface area contributed by atoms with Crippen LogP contribution in [0.3, 0.4) is 0 Å². The molecule has 0 bridgehead atoms. The van der Waals surface area contributed by atoms with Crippen LogP contribution in [0.15, 0.2) is 24.4 Å². The number of hydrogen-bond donors (Lipinski definition) is 2. The molecule has 3 aromatic rings. The number of ether oxygens (including phenoxy) is 1. The summed E-state index contributed by atoms with van der Waals surface area (Å²) in [5, 5.41) is 11.5. The van der Waals surface area contributed by atoms with Crippen molar-refractivity contribution in [3.8, 4) is 17.6 Å². The highest BCUT2D eigenvalue weighted by Crippen LogP contribution is 2.32. The van der Waals surface area contributed by atoms with E-state index >= 15 is 0 Å². The highest BCUT2D eigenvalue weighted by atomic mass is 16.5. The van der Waals surface area contributed by atoms with Gasteiger partial charge in [-0.15, -0.1) is 0 Å². The number of aromatic amines is 1. The lowest BCUT2D eigenvalue weighted by Crippen LogP contribution is -2.15. The van der Waals surface area contributed by atoms with E-state index in [-0.39, 0.29) is 1.43 Å². The maximum absolute atomic E-state index is 9.44. The molecular formula is C21H27N3O2. The second kappa shape index (κ2) is 7.77. The molecule has 2 aromatic heterocycles. The van der Waals surface area contributed by atoms with Gasteiger partial charge in [-0.2, -0.15) is 0 Å². The molecule has 5 heteroatoms. The Morgan fingerprint density at radius 1 is 1.35 bits per heavy atom. The third-order valence-electron chi connectivity index (χ3n) is 4.21. The molecule has 5 nitrogen and oxygen atoms in total. The summed E-state index contributed by atoms with van der Waals surface area (Å²) in [6.07, 6.45) is 2.04. The average molecular weight is 353 g/mol. The van der Waals surface area contributed by atoms with Gasteiger partial charge in [0.15, 0.2) is 0 Å². The highest BCUT2D eigenvalue weighted by Gasteiger charge is 2.12. The van der Waals surface area contributed by atoms with Gasteiger partial charge in [0.2, 0.25) is 0 Å². The summed E-state index contributed by atoms with van der Waals surface area (Å²) in [4.78, 5) is 9.97. The fraction of sp³-hybridized carbons (Fsp3) is 0.381. The van der Waals surface area contributed by atoms with Crippen LogP contribution in [0.2, 0.25) is 0 Å². The molecule has 0 saturated carbocycles.